The van der Waals surface area contributed by atoms with Crippen molar-refractivity contribution in [3.8, 4) is 5.75 Å². The van der Waals surface area contributed by atoms with Crippen LogP contribution in [0.15, 0.2) is 70.9 Å². The molecule has 1 aromatic rings. The fraction of sp³-hybridized carbons (Fsp3) is 0.556. The Labute approximate surface area is 256 Å². The zero-order chi connectivity index (χ0) is 31.0. The summed E-state index contributed by atoms with van der Waals surface area (Å²) in [7, 11) is 1.69. The second-order valence-electron chi connectivity index (χ2n) is 15.8. The number of Topliss-reactive ketones (excluding diaryl/α,β-unsaturated/α-hetero) is 2. The van der Waals surface area contributed by atoms with Gasteiger partial charge in [0.1, 0.15) is 5.75 Å². The van der Waals surface area contributed by atoms with Crippen LogP contribution in [0.1, 0.15) is 93.2 Å². The van der Waals surface area contributed by atoms with Crippen molar-refractivity contribution in [2.45, 2.75) is 97.2 Å². The third-order valence-electron chi connectivity index (χ3n) is 8.25. The average molecular weight is 593 g/mol. The number of ketones is 2. The molecule has 1 aromatic carbocycles. The minimum Gasteiger partial charge on any atom is -0.497 e. The van der Waals surface area contributed by atoms with Crippen molar-refractivity contribution in [1.29, 1.82) is 0 Å². The molecule has 0 unspecified atom stereocenters. The maximum absolute atomic E-state index is 14.1. The summed E-state index contributed by atoms with van der Waals surface area (Å²) in [6.45, 7) is 25.6. The van der Waals surface area contributed by atoms with Gasteiger partial charge in [-0.1, -0.05) is 120 Å². The Balaban J connectivity index is 2.12. The van der Waals surface area contributed by atoms with Gasteiger partial charge in [-0.3, -0.25) is 9.59 Å². The fourth-order valence-corrected chi connectivity index (χ4v) is 9.85. The lowest BCUT2D eigenvalue weighted by atomic mass is 9.65. The number of benzene rings is 1. The van der Waals surface area contributed by atoms with E-state index >= 15 is 0 Å². The number of methoxy groups -OCH3 is 1. The molecule has 222 valence electrons. The number of rotatable bonds is 2. The Hall–Kier alpha value is -1.98. The third-order valence-corrected chi connectivity index (χ3v) is 11.9. The van der Waals surface area contributed by atoms with E-state index in [1.54, 1.807) is 7.11 Å². The molecule has 0 radical (unpaired) electrons. The zero-order valence-electron chi connectivity index (χ0n) is 27.2. The predicted molar refractivity (Wildman–Crippen MR) is 177 cm³/mol. The molecule has 1 heterocycles. The Morgan fingerprint density at radius 2 is 0.854 bits per heavy atom. The number of allylic oxidation sites excluding steroid dienone is 4. The molecular formula is C36H48O3S2. The summed E-state index contributed by atoms with van der Waals surface area (Å²) in [5.41, 5.74) is 3.24. The molecule has 1 fully saturated rings. The van der Waals surface area contributed by atoms with Gasteiger partial charge in [-0.15, -0.1) is 23.5 Å². The normalized spacial score (nSPS) is 21.6. The quantitative estimate of drug-likeness (QED) is 0.342. The molecular weight excluding hydrogens is 545 g/mol. The van der Waals surface area contributed by atoms with E-state index in [2.05, 4.69) is 120 Å². The van der Waals surface area contributed by atoms with Gasteiger partial charge in [0.25, 0.3) is 0 Å². The fourth-order valence-electron chi connectivity index (χ4n) is 5.77. The summed E-state index contributed by atoms with van der Waals surface area (Å²) in [5, 5.41) is 0. The smallest absolute Gasteiger partial charge is 0.185 e. The molecule has 3 aliphatic rings. The van der Waals surface area contributed by atoms with Gasteiger partial charge in [-0.2, -0.15) is 0 Å². The Kier molecular flexibility index (Phi) is 7.83. The highest BCUT2D eigenvalue weighted by molar-refractivity contribution is 8.21. The van der Waals surface area contributed by atoms with Crippen molar-refractivity contribution in [1.82, 2.24) is 0 Å². The molecule has 2 aliphatic carbocycles. The first kappa shape index (κ1) is 31.9. The topological polar surface area (TPSA) is 43.4 Å². The molecule has 4 rings (SSSR count). The molecule has 0 amide bonds. The monoisotopic (exact) mass is 592 g/mol. The first-order valence-corrected chi connectivity index (χ1v) is 16.3. The SMILES string of the molecule is COc1ccc(C2SC3(C=C(C(C)(C)C)C(=O)C(C(C)(C)C)=C3)C3(C=C(C(C)(C)C)C(=O)C(C(C)(C)C)=C3)S2)cc1. The Morgan fingerprint density at radius 3 is 1.10 bits per heavy atom. The van der Waals surface area contributed by atoms with Crippen LogP contribution < -0.4 is 4.74 Å². The Bertz CT molecular complexity index is 1220. The van der Waals surface area contributed by atoms with Crippen molar-refractivity contribution in [2.75, 3.05) is 7.11 Å². The van der Waals surface area contributed by atoms with Gasteiger partial charge in [0.2, 0.25) is 0 Å². The lowest BCUT2D eigenvalue weighted by molar-refractivity contribution is -0.115. The van der Waals surface area contributed by atoms with Crippen molar-refractivity contribution < 1.29 is 14.3 Å². The van der Waals surface area contributed by atoms with Gasteiger partial charge >= 0.3 is 0 Å². The van der Waals surface area contributed by atoms with Gasteiger partial charge in [0, 0.05) is 22.3 Å². The molecule has 0 saturated carbocycles. The van der Waals surface area contributed by atoms with Crippen LogP contribution >= 0.6 is 23.5 Å². The number of thioether (sulfide) groups is 2. The van der Waals surface area contributed by atoms with Crippen LogP contribution in [0.4, 0.5) is 0 Å². The molecule has 3 nitrogen and oxygen atoms in total. The molecule has 0 atom stereocenters. The molecule has 41 heavy (non-hydrogen) atoms. The molecule has 1 aliphatic heterocycles. The van der Waals surface area contributed by atoms with E-state index in [4.69, 9.17) is 4.74 Å². The number of ether oxygens (including phenoxy) is 1. The highest BCUT2D eigenvalue weighted by atomic mass is 32.2. The molecule has 0 N–H and O–H groups in total. The lowest BCUT2D eigenvalue weighted by Crippen LogP contribution is -2.48. The van der Waals surface area contributed by atoms with E-state index in [-0.39, 0.29) is 37.8 Å². The molecule has 0 aromatic heterocycles. The van der Waals surface area contributed by atoms with E-state index in [0.717, 1.165) is 28.0 Å². The van der Waals surface area contributed by atoms with Crippen LogP contribution in [0.25, 0.3) is 0 Å². The maximum Gasteiger partial charge on any atom is 0.185 e. The van der Waals surface area contributed by atoms with Crippen LogP contribution in [-0.4, -0.2) is 28.2 Å². The first-order chi connectivity index (χ1) is 18.5. The molecule has 2 spiro atoms. The summed E-state index contributed by atoms with van der Waals surface area (Å²) in [6, 6.07) is 8.32. The van der Waals surface area contributed by atoms with Gasteiger partial charge < -0.3 is 4.74 Å². The van der Waals surface area contributed by atoms with Gasteiger partial charge in [0.15, 0.2) is 11.6 Å². The minimum absolute atomic E-state index is 0.0761. The molecule has 5 heteroatoms. The largest absolute Gasteiger partial charge is 0.497 e. The van der Waals surface area contributed by atoms with Gasteiger partial charge in [0.05, 0.1) is 21.2 Å². The van der Waals surface area contributed by atoms with Crippen LogP contribution in [0.5, 0.6) is 5.75 Å². The first-order valence-electron chi connectivity index (χ1n) is 14.6. The highest BCUT2D eigenvalue weighted by Crippen LogP contribution is 2.70. The minimum atomic E-state index is -0.574. The average Bonchev–Trinajstić information content (AvgIpc) is 3.11. The van der Waals surface area contributed by atoms with E-state index in [1.807, 2.05) is 35.7 Å². The third kappa shape index (κ3) is 5.70. The number of hydrogen-bond acceptors (Lipinski definition) is 5. The number of carbonyl (C=O) groups excluding carboxylic acids is 2. The standard InChI is InChI=1S/C36H48O3S2/c1-31(2,3)24-18-35(19-25(28(24)37)32(4,5)6)36(41-30(40-35)22-14-16-23(39-13)17-15-22)20-26(33(7,8)9)29(38)27(21-36)34(10,11)12/h14-21,30H,1-13H3. The van der Waals surface area contributed by atoms with E-state index < -0.39 is 9.49 Å². The summed E-state index contributed by atoms with van der Waals surface area (Å²) >= 11 is 3.78. The second kappa shape index (κ2) is 10.0. The zero-order valence-corrected chi connectivity index (χ0v) is 28.9. The van der Waals surface area contributed by atoms with Crippen molar-refractivity contribution in [2.24, 2.45) is 21.7 Å². The van der Waals surface area contributed by atoms with Crippen LogP contribution in [0.3, 0.4) is 0 Å². The van der Waals surface area contributed by atoms with E-state index in [1.165, 1.54) is 5.56 Å². The number of hydrogen-bond donors (Lipinski definition) is 0. The number of fused-ring (bicyclic) bond motifs is 1. The number of carbonyl (C=O) groups is 2. The summed E-state index contributed by atoms with van der Waals surface area (Å²) < 4.78 is 4.38. The molecule has 0 bridgehead atoms. The van der Waals surface area contributed by atoms with Gasteiger partial charge in [-0.25, -0.2) is 0 Å². The van der Waals surface area contributed by atoms with Crippen molar-refractivity contribution >= 4 is 35.1 Å². The second-order valence-corrected chi connectivity index (χ2v) is 18.9. The summed E-state index contributed by atoms with van der Waals surface area (Å²) in [4.78, 5) is 28.2. The predicted octanol–water partition coefficient (Wildman–Crippen LogP) is 9.71. The summed E-state index contributed by atoms with van der Waals surface area (Å²) in [5.74, 6) is 1.10. The highest BCUT2D eigenvalue weighted by Gasteiger charge is 2.61. The summed E-state index contributed by atoms with van der Waals surface area (Å²) in [6.07, 6.45) is 9.04. The molecule has 1 saturated heterocycles. The maximum atomic E-state index is 14.1. The van der Waals surface area contributed by atoms with Crippen LogP contribution in [0.2, 0.25) is 0 Å². The van der Waals surface area contributed by atoms with E-state index in [9.17, 15) is 9.59 Å². The lowest BCUT2D eigenvalue weighted by Gasteiger charge is -2.46. The van der Waals surface area contributed by atoms with Gasteiger partial charge in [-0.05, 0) is 39.4 Å². The van der Waals surface area contributed by atoms with Crippen LogP contribution in [0, 0.1) is 21.7 Å². The van der Waals surface area contributed by atoms with E-state index in [0.29, 0.717) is 0 Å². The Morgan fingerprint density at radius 1 is 0.561 bits per heavy atom. The van der Waals surface area contributed by atoms with Crippen molar-refractivity contribution in [3.05, 3.63) is 76.4 Å². The van der Waals surface area contributed by atoms with Crippen LogP contribution in [-0.2, 0) is 9.59 Å². The van der Waals surface area contributed by atoms with Crippen molar-refractivity contribution in [3.63, 3.8) is 0 Å².